The summed E-state index contributed by atoms with van der Waals surface area (Å²) in [5.74, 6) is 0.956. The van der Waals surface area contributed by atoms with Crippen LogP contribution in [0.3, 0.4) is 0 Å². The minimum atomic E-state index is -0.297. The number of ketones is 1. The Balaban J connectivity index is 2.05. The van der Waals surface area contributed by atoms with Gasteiger partial charge in [0.05, 0.1) is 21.3 Å². The number of Topliss-reactive ketones (excluding diaryl/α,β-unsaturated/α-hetero) is 1. The molecule has 0 bridgehead atoms. The van der Waals surface area contributed by atoms with Gasteiger partial charge in [-0.15, -0.1) is 0 Å². The van der Waals surface area contributed by atoms with Crippen molar-refractivity contribution in [2.75, 3.05) is 33.2 Å². The number of anilines is 1. The number of methoxy groups -OCH3 is 3. The highest BCUT2D eigenvalue weighted by molar-refractivity contribution is 5.97. The van der Waals surface area contributed by atoms with Crippen LogP contribution in [0, 0.1) is 5.82 Å². The molecule has 0 aromatic heterocycles. The maximum Gasteiger partial charge on any atom is 0.203 e. The van der Waals surface area contributed by atoms with Crippen LogP contribution in [0.2, 0.25) is 0 Å². The summed E-state index contributed by atoms with van der Waals surface area (Å²) < 4.78 is 28.6. The summed E-state index contributed by atoms with van der Waals surface area (Å²) in [7, 11) is 4.51. The molecule has 0 aliphatic rings. The summed E-state index contributed by atoms with van der Waals surface area (Å²) in [5.41, 5.74) is 1.24. The van der Waals surface area contributed by atoms with Crippen LogP contribution in [0.15, 0.2) is 36.4 Å². The topological polar surface area (TPSA) is 56.8 Å². The van der Waals surface area contributed by atoms with E-state index in [9.17, 15) is 9.18 Å². The number of carbonyl (C=O) groups is 1. The zero-order valence-corrected chi connectivity index (χ0v) is 13.9. The van der Waals surface area contributed by atoms with Crippen molar-refractivity contribution in [1.29, 1.82) is 0 Å². The fourth-order valence-corrected chi connectivity index (χ4v) is 2.27. The van der Waals surface area contributed by atoms with Crippen molar-refractivity contribution >= 4 is 11.5 Å². The van der Waals surface area contributed by atoms with Gasteiger partial charge in [0.2, 0.25) is 5.75 Å². The molecule has 0 aliphatic carbocycles. The number of halogens is 1. The molecule has 0 heterocycles. The molecule has 0 spiro atoms. The Kier molecular flexibility index (Phi) is 6.01. The SMILES string of the molecule is COc1cc(C(=O)CCNc2ccc(F)cc2)cc(OC)c1OC. The third-order valence-electron chi connectivity index (χ3n) is 3.51. The van der Waals surface area contributed by atoms with E-state index in [-0.39, 0.29) is 18.0 Å². The van der Waals surface area contributed by atoms with Crippen LogP contribution in [-0.2, 0) is 0 Å². The molecule has 0 aliphatic heterocycles. The lowest BCUT2D eigenvalue weighted by Gasteiger charge is -2.14. The van der Waals surface area contributed by atoms with Gasteiger partial charge in [-0.25, -0.2) is 4.39 Å². The van der Waals surface area contributed by atoms with Gasteiger partial charge in [0.15, 0.2) is 17.3 Å². The number of ether oxygens (including phenoxy) is 3. The van der Waals surface area contributed by atoms with Crippen molar-refractivity contribution in [3.63, 3.8) is 0 Å². The number of hydrogen-bond donors (Lipinski definition) is 1. The molecule has 128 valence electrons. The second kappa shape index (κ2) is 8.19. The van der Waals surface area contributed by atoms with Crippen molar-refractivity contribution in [2.45, 2.75) is 6.42 Å². The number of nitrogens with one attached hydrogen (secondary N) is 1. The van der Waals surface area contributed by atoms with Crippen LogP contribution in [0.4, 0.5) is 10.1 Å². The van der Waals surface area contributed by atoms with E-state index in [2.05, 4.69) is 5.32 Å². The lowest BCUT2D eigenvalue weighted by atomic mass is 10.1. The second-order valence-electron chi connectivity index (χ2n) is 5.02. The van der Waals surface area contributed by atoms with Gasteiger partial charge in [-0.05, 0) is 36.4 Å². The molecule has 0 atom stereocenters. The van der Waals surface area contributed by atoms with Gasteiger partial charge in [0.25, 0.3) is 0 Å². The van der Waals surface area contributed by atoms with E-state index in [0.717, 1.165) is 5.69 Å². The van der Waals surface area contributed by atoms with Gasteiger partial charge in [0.1, 0.15) is 5.82 Å². The lowest BCUT2D eigenvalue weighted by molar-refractivity contribution is 0.0985. The second-order valence-corrected chi connectivity index (χ2v) is 5.02. The summed E-state index contributed by atoms with van der Waals surface area (Å²) in [5, 5.41) is 3.08. The van der Waals surface area contributed by atoms with Gasteiger partial charge in [0, 0.05) is 24.2 Å². The van der Waals surface area contributed by atoms with Gasteiger partial charge in [-0.3, -0.25) is 4.79 Å². The molecule has 6 heteroatoms. The molecule has 2 aromatic rings. The van der Waals surface area contributed by atoms with E-state index in [1.54, 1.807) is 24.3 Å². The first kappa shape index (κ1) is 17.6. The molecule has 0 saturated heterocycles. The number of hydrogen-bond acceptors (Lipinski definition) is 5. The van der Waals surface area contributed by atoms with Gasteiger partial charge >= 0.3 is 0 Å². The Bertz CT molecular complexity index is 676. The molecule has 5 nitrogen and oxygen atoms in total. The summed E-state index contributed by atoms with van der Waals surface area (Å²) in [6.45, 7) is 0.432. The number of carbonyl (C=O) groups excluding carboxylic acids is 1. The van der Waals surface area contributed by atoms with Gasteiger partial charge < -0.3 is 19.5 Å². The quantitative estimate of drug-likeness (QED) is 0.749. The normalized spacial score (nSPS) is 10.2. The van der Waals surface area contributed by atoms with Crippen molar-refractivity contribution in [3.8, 4) is 17.2 Å². The van der Waals surface area contributed by atoms with Crippen LogP contribution in [0.25, 0.3) is 0 Å². The largest absolute Gasteiger partial charge is 0.493 e. The standard InChI is InChI=1S/C18H20FNO4/c1-22-16-10-12(11-17(23-2)18(16)24-3)15(21)8-9-20-14-6-4-13(19)5-7-14/h4-7,10-11,20H,8-9H2,1-3H3. The molecule has 24 heavy (non-hydrogen) atoms. The summed E-state index contributed by atoms with van der Waals surface area (Å²) >= 11 is 0. The van der Waals surface area contributed by atoms with Crippen LogP contribution in [0.5, 0.6) is 17.2 Å². The molecular weight excluding hydrogens is 313 g/mol. The van der Waals surface area contributed by atoms with Crippen molar-refractivity contribution in [2.24, 2.45) is 0 Å². The van der Waals surface area contributed by atoms with E-state index < -0.39 is 0 Å². The molecule has 0 radical (unpaired) electrons. The Labute approximate surface area is 140 Å². The van der Waals surface area contributed by atoms with E-state index in [4.69, 9.17) is 14.2 Å². The van der Waals surface area contributed by atoms with Crippen molar-refractivity contribution in [1.82, 2.24) is 0 Å². The van der Waals surface area contributed by atoms with Crippen LogP contribution in [-0.4, -0.2) is 33.7 Å². The maximum atomic E-state index is 12.8. The van der Waals surface area contributed by atoms with E-state index in [0.29, 0.717) is 29.4 Å². The van der Waals surface area contributed by atoms with Crippen LogP contribution < -0.4 is 19.5 Å². The van der Waals surface area contributed by atoms with E-state index >= 15 is 0 Å². The monoisotopic (exact) mass is 333 g/mol. The van der Waals surface area contributed by atoms with Crippen molar-refractivity contribution < 1.29 is 23.4 Å². The van der Waals surface area contributed by atoms with E-state index in [1.165, 1.54) is 33.5 Å². The van der Waals surface area contributed by atoms with Crippen LogP contribution in [0.1, 0.15) is 16.8 Å². The first-order valence-electron chi connectivity index (χ1n) is 7.41. The zero-order chi connectivity index (χ0) is 17.5. The predicted octanol–water partition coefficient (Wildman–Crippen LogP) is 3.54. The molecule has 0 fully saturated rings. The fraction of sp³-hybridized carbons (Fsp3) is 0.278. The fourth-order valence-electron chi connectivity index (χ4n) is 2.27. The Morgan fingerprint density at radius 1 is 1.00 bits per heavy atom. The third-order valence-corrected chi connectivity index (χ3v) is 3.51. The Hall–Kier alpha value is -2.76. The average molecular weight is 333 g/mol. The minimum absolute atomic E-state index is 0.0659. The lowest BCUT2D eigenvalue weighted by Crippen LogP contribution is -2.09. The number of rotatable bonds is 8. The highest BCUT2D eigenvalue weighted by Crippen LogP contribution is 2.38. The van der Waals surface area contributed by atoms with Gasteiger partial charge in [-0.1, -0.05) is 0 Å². The minimum Gasteiger partial charge on any atom is -0.493 e. The maximum absolute atomic E-state index is 12.8. The van der Waals surface area contributed by atoms with Crippen molar-refractivity contribution in [3.05, 3.63) is 47.8 Å². The summed E-state index contributed by atoms with van der Waals surface area (Å²) in [6, 6.07) is 9.23. The van der Waals surface area contributed by atoms with Crippen LogP contribution >= 0.6 is 0 Å². The molecule has 0 unspecified atom stereocenters. The molecule has 2 rings (SSSR count). The first-order chi connectivity index (χ1) is 11.6. The molecule has 0 saturated carbocycles. The average Bonchev–Trinajstić information content (AvgIpc) is 2.61. The summed E-state index contributed by atoms with van der Waals surface area (Å²) in [6.07, 6.45) is 0.274. The van der Waals surface area contributed by atoms with Gasteiger partial charge in [-0.2, -0.15) is 0 Å². The Morgan fingerprint density at radius 3 is 2.08 bits per heavy atom. The number of benzene rings is 2. The zero-order valence-electron chi connectivity index (χ0n) is 13.9. The predicted molar refractivity (Wildman–Crippen MR) is 89.9 cm³/mol. The third kappa shape index (κ3) is 4.16. The summed E-state index contributed by atoms with van der Waals surface area (Å²) in [4.78, 5) is 12.4. The molecule has 1 N–H and O–H groups in total. The smallest absolute Gasteiger partial charge is 0.203 e. The highest BCUT2D eigenvalue weighted by atomic mass is 19.1. The Morgan fingerprint density at radius 2 is 1.58 bits per heavy atom. The van der Waals surface area contributed by atoms with E-state index in [1.807, 2.05) is 0 Å². The highest BCUT2D eigenvalue weighted by Gasteiger charge is 2.16. The molecule has 0 amide bonds. The molecular formula is C18H20FNO4. The first-order valence-corrected chi connectivity index (χ1v) is 7.41. The molecule has 2 aromatic carbocycles.